The van der Waals surface area contributed by atoms with Gasteiger partial charge in [0, 0.05) is 6.08 Å². The number of cyclic esters (lactones) is 1. The summed E-state index contributed by atoms with van der Waals surface area (Å²) >= 11 is 0. The van der Waals surface area contributed by atoms with E-state index in [1.54, 1.807) is 0 Å². The number of allylic oxidation sites excluding steroid dienone is 3. The average molecular weight is 300 g/mol. The number of rotatable bonds is 4. The van der Waals surface area contributed by atoms with Gasteiger partial charge in [-0.15, -0.1) is 0 Å². The van der Waals surface area contributed by atoms with E-state index in [0.29, 0.717) is 5.56 Å². The van der Waals surface area contributed by atoms with Crippen LogP contribution in [0.2, 0.25) is 0 Å². The van der Waals surface area contributed by atoms with Gasteiger partial charge >= 0.3 is 11.9 Å². The maximum atomic E-state index is 11.9. The molecule has 1 aliphatic heterocycles. The second-order valence-electron chi connectivity index (χ2n) is 4.67. The second kappa shape index (κ2) is 6.17. The SMILES string of the molecule is CC1=CC(=O)C(C(=O)C=Cc2ccc(C(=O)O)cc2)C(=O)O1. The summed E-state index contributed by atoms with van der Waals surface area (Å²) in [6.45, 7) is 1.45. The molecular formula is C16H12O6. The van der Waals surface area contributed by atoms with Crippen molar-refractivity contribution in [2.45, 2.75) is 6.92 Å². The lowest BCUT2D eigenvalue weighted by molar-refractivity contribution is -0.151. The maximum Gasteiger partial charge on any atom is 0.335 e. The van der Waals surface area contributed by atoms with Gasteiger partial charge in [-0.1, -0.05) is 18.2 Å². The molecule has 0 bridgehead atoms. The van der Waals surface area contributed by atoms with Crippen molar-refractivity contribution in [3.05, 3.63) is 53.3 Å². The minimum atomic E-state index is -1.47. The molecule has 0 saturated heterocycles. The summed E-state index contributed by atoms with van der Waals surface area (Å²) in [6, 6.07) is 5.80. The predicted molar refractivity (Wildman–Crippen MR) is 75.8 cm³/mol. The molecule has 1 atom stereocenters. The van der Waals surface area contributed by atoms with E-state index in [0.717, 1.165) is 12.2 Å². The third-order valence-corrected chi connectivity index (χ3v) is 3.01. The Balaban J connectivity index is 2.13. The van der Waals surface area contributed by atoms with E-state index in [2.05, 4.69) is 0 Å². The number of ketones is 2. The van der Waals surface area contributed by atoms with Gasteiger partial charge in [0.05, 0.1) is 5.56 Å². The molecule has 0 amide bonds. The van der Waals surface area contributed by atoms with E-state index < -0.39 is 29.4 Å². The summed E-state index contributed by atoms with van der Waals surface area (Å²) in [7, 11) is 0. The number of aromatic carboxylic acids is 1. The van der Waals surface area contributed by atoms with Crippen LogP contribution in [0.5, 0.6) is 0 Å². The highest BCUT2D eigenvalue weighted by atomic mass is 16.5. The lowest BCUT2D eigenvalue weighted by atomic mass is 9.96. The topological polar surface area (TPSA) is 97.7 Å². The van der Waals surface area contributed by atoms with Gasteiger partial charge in [0.25, 0.3) is 0 Å². The van der Waals surface area contributed by atoms with Crippen LogP contribution < -0.4 is 0 Å². The van der Waals surface area contributed by atoms with Gasteiger partial charge in [0.2, 0.25) is 0 Å². The van der Waals surface area contributed by atoms with Crippen molar-refractivity contribution in [3.8, 4) is 0 Å². The molecule has 0 spiro atoms. The molecule has 1 aromatic carbocycles. The van der Waals surface area contributed by atoms with Crippen LogP contribution in [0.3, 0.4) is 0 Å². The number of hydrogen-bond acceptors (Lipinski definition) is 5. The molecule has 6 nitrogen and oxygen atoms in total. The van der Waals surface area contributed by atoms with Crippen LogP contribution in [-0.2, 0) is 19.1 Å². The first-order valence-corrected chi connectivity index (χ1v) is 6.37. The molecule has 0 aromatic heterocycles. The fraction of sp³-hybridized carbons (Fsp3) is 0.125. The first-order valence-electron chi connectivity index (χ1n) is 6.37. The predicted octanol–water partition coefficient (Wildman–Crippen LogP) is 1.61. The molecule has 112 valence electrons. The normalized spacial score (nSPS) is 18.0. The first kappa shape index (κ1) is 15.4. The molecule has 2 rings (SSSR count). The summed E-state index contributed by atoms with van der Waals surface area (Å²) < 4.78 is 4.77. The summed E-state index contributed by atoms with van der Waals surface area (Å²) in [5, 5.41) is 8.78. The average Bonchev–Trinajstić information content (AvgIpc) is 2.44. The highest BCUT2D eigenvalue weighted by Gasteiger charge is 2.36. The smallest absolute Gasteiger partial charge is 0.335 e. The van der Waals surface area contributed by atoms with Crippen LogP contribution in [0.1, 0.15) is 22.8 Å². The molecule has 6 heteroatoms. The zero-order valence-corrected chi connectivity index (χ0v) is 11.6. The second-order valence-corrected chi connectivity index (χ2v) is 4.67. The maximum absolute atomic E-state index is 11.9. The molecule has 0 fully saturated rings. The number of carboxylic acids is 1. The molecule has 1 N–H and O–H groups in total. The fourth-order valence-electron chi connectivity index (χ4n) is 1.91. The van der Waals surface area contributed by atoms with Crippen LogP contribution in [0.4, 0.5) is 0 Å². The van der Waals surface area contributed by atoms with Crippen molar-refractivity contribution >= 4 is 29.6 Å². The van der Waals surface area contributed by atoms with E-state index in [9.17, 15) is 19.2 Å². The van der Waals surface area contributed by atoms with Crippen LogP contribution in [0.25, 0.3) is 6.08 Å². The zero-order chi connectivity index (χ0) is 16.3. The molecule has 1 aliphatic rings. The summed E-state index contributed by atoms with van der Waals surface area (Å²) in [5.41, 5.74) is 0.692. The number of carboxylic acid groups (broad SMARTS) is 1. The van der Waals surface area contributed by atoms with Crippen LogP contribution in [0, 0.1) is 5.92 Å². The number of ether oxygens (including phenoxy) is 1. The molecule has 1 aromatic rings. The summed E-state index contributed by atoms with van der Waals surface area (Å²) in [4.78, 5) is 45.9. The Kier molecular flexibility index (Phi) is 4.31. The Morgan fingerprint density at radius 2 is 1.82 bits per heavy atom. The molecular weight excluding hydrogens is 288 g/mol. The van der Waals surface area contributed by atoms with Gasteiger partial charge < -0.3 is 9.84 Å². The van der Waals surface area contributed by atoms with Gasteiger partial charge in [-0.05, 0) is 30.7 Å². The van der Waals surface area contributed by atoms with Gasteiger partial charge in [-0.2, -0.15) is 0 Å². The number of benzene rings is 1. The Morgan fingerprint density at radius 1 is 1.18 bits per heavy atom. The Hall–Kier alpha value is -3.02. The molecule has 22 heavy (non-hydrogen) atoms. The molecule has 1 heterocycles. The summed E-state index contributed by atoms with van der Waals surface area (Å²) in [6.07, 6.45) is 3.62. The third kappa shape index (κ3) is 3.35. The minimum Gasteiger partial charge on any atom is -0.478 e. The van der Waals surface area contributed by atoms with Crippen molar-refractivity contribution in [1.82, 2.24) is 0 Å². The fourth-order valence-corrected chi connectivity index (χ4v) is 1.91. The Bertz CT molecular complexity index is 709. The molecule has 0 aliphatic carbocycles. The zero-order valence-electron chi connectivity index (χ0n) is 11.6. The molecule has 1 unspecified atom stereocenters. The minimum absolute atomic E-state index is 0.120. The van der Waals surface area contributed by atoms with Gasteiger partial charge in [-0.25, -0.2) is 4.79 Å². The highest BCUT2D eigenvalue weighted by Crippen LogP contribution is 2.16. The molecule has 0 radical (unpaired) electrons. The van der Waals surface area contributed by atoms with Crippen LogP contribution in [0.15, 0.2) is 42.2 Å². The lowest BCUT2D eigenvalue weighted by Crippen LogP contribution is -2.34. The van der Waals surface area contributed by atoms with E-state index in [-0.39, 0.29) is 11.3 Å². The first-order chi connectivity index (χ1) is 10.4. The van der Waals surface area contributed by atoms with Gasteiger partial charge in [0.1, 0.15) is 5.76 Å². The van der Waals surface area contributed by atoms with Gasteiger partial charge in [-0.3, -0.25) is 14.4 Å². The van der Waals surface area contributed by atoms with Crippen LogP contribution >= 0.6 is 0 Å². The van der Waals surface area contributed by atoms with E-state index in [1.165, 1.54) is 37.3 Å². The van der Waals surface area contributed by atoms with Crippen molar-refractivity contribution in [2.24, 2.45) is 5.92 Å². The Morgan fingerprint density at radius 3 is 2.36 bits per heavy atom. The largest absolute Gasteiger partial charge is 0.478 e. The van der Waals surface area contributed by atoms with E-state index in [4.69, 9.17) is 9.84 Å². The van der Waals surface area contributed by atoms with E-state index >= 15 is 0 Å². The third-order valence-electron chi connectivity index (χ3n) is 3.01. The number of carbonyl (C=O) groups is 4. The summed E-state index contributed by atoms with van der Waals surface area (Å²) in [5.74, 6) is -4.54. The standard InChI is InChI=1S/C16H12O6/c1-9-8-13(18)14(16(21)22-9)12(17)7-4-10-2-5-11(6-3-10)15(19)20/h2-8,14H,1H3,(H,19,20). The monoisotopic (exact) mass is 300 g/mol. The van der Waals surface area contributed by atoms with Crippen molar-refractivity contribution in [3.63, 3.8) is 0 Å². The number of carbonyl (C=O) groups excluding carboxylic acids is 3. The van der Waals surface area contributed by atoms with E-state index in [1.807, 2.05) is 0 Å². The lowest BCUT2D eigenvalue weighted by Gasteiger charge is -2.15. The van der Waals surface area contributed by atoms with Gasteiger partial charge in [0.15, 0.2) is 17.5 Å². The molecule has 0 saturated carbocycles. The van der Waals surface area contributed by atoms with Crippen molar-refractivity contribution < 1.29 is 29.0 Å². The quantitative estimate of drug-likeness (QED) is 0.515. The van der Waals surface area contributed by atoms with Crippen LogP contribution in [-0.4, -0.2) is 28.6 Å². The number of hydrogen-bond donors (Lipinski definition) is 1. The Labute approximate surface area is 125 Å². The highest BCUT2D eigenvalue weighted by molar-refractivity contribution is 6.25. The van der Waals surface area contributed by atoms with Crippen molar-refractivity contribution in [2.75, 3.05) is 0 Å². The van der Waals surface area contributed by atoms with Crippen molar-refractivity contribution in [1.29, 1.82) is 0 Å². The number of esters is 1.